The van der Waals surface area contributed by atoms with E-state index in [4.69, 9.17) is 23.2 Å². The van der Waals surface area contributed by atoms with E-state index >= 15 is 0 Å². The lowest BCUT2D eigenvalue weighted by molar-refractivity contribution is 1.30. The number of hydrogen-bond donors (Lipinski definition) is 0. The van der Waals surface area contributed by atoms with Gasteiger partial charge in [0.2, 0.25) is 0 Å². The van der Waals surface area contributed by atoms with E-state index in [2.05, 4.69) is 6.07 Å². The van der Waals surface area contributed by atoms with Gasteiger partial charge < -0.3 is 0 Å². The highest BCUT2D eigenvalue weighted by atomic mass is 127. The Hall–Kier alpha value is 0.530. The lowest BCUT2D eigenvalue weighted by atomic mass is 10.2. The molecule has 0 aliphatic rings. The Labute approximate surface area is 83.7 Å². The first-order valence-corrected chi connectivity index (χ1v) is 4.48. The predicted molar refractivity (Wildman–Crippen MR) is 52.7 cm³/mol. The van der Waals surface area contributed by atoms with Gasteiger partial charge >= 0.3 is 0 Å². The van der Waals surface area contributed by atoms with E-state index in [1.165, 1.54) is 0 Å². The Balaban J connectivity index is 2.97. The lowest BCUT2D eigenvalue weighted by Gasteiger charge is -2.09. The van der Waals surface area contributed by atoms with Gasteiger partial charge in [-0.15, -0.1) is 0 Å². The van der Waals surface area contributed by atoms with Crippen molar-refractivity contribution in [3.8, 4) is 0 Å². The molecule has 0 saturated heterocycles. The molecule has 0 atom stereocenters. The molecule has 0 saturated carbocycles. The first-order valence-electron chi connectivity index (χ1n) is 2.64. The largest absolute Gasteiger partial charge is 0.193 e. The van der Waals surface area contributed by atoms with Gasteiger partial charge in [0.15, 0.2) is 2.34 Å². The van der Waals surface area contributed by atoms with Crippen LogP contribution in [0.4, 0.5) is 0 Å². The molecule has 0 spiro atoms. The average Bonchev–Trinajstić information content (AvgIpc) is 1.88. The van der Waals surface area contributed by atoms with Crippen LogP contribution in [0.1, 0.15) is 5.56 Å². The van der Waals surface area contributed by atoms with Crippen LogP contribution in [0.3, 0.4) is 0 Å². The molecule has 0 fully saturated rings. The first kappa shape index (κ1) is 8.62. The Morgan fingerprint density at radius 1 is 1.40 bits per heavy atom. The van der Waals surface area contributed by atoms with Crippen molar-refractivity contribution >= 4 is 45.8 Å². The van der Waals surface area contributed by atoms with Crippen LogP contribution < -0.4 is 0 Å². The normalized spacial score (nSPS) is 11.5. The van der Waals surface area contributed by atoms with Crippen LogP contribution in [0.5, 0.6) is 0 Å². The summed E-state index contributed by atoms with van der Waals surface area (Å²) in [5.74, 6) is 0. The van der Waals surface area contributed by atoms with Crippen molar-refractivity contribution in [2.45, 2.75) is 2.34 Å². The molecule has 0 aromatic heterocycles. The molecule has 1 aromatic rings. The molecule has 1 rings (SSSR count). The molecule has 0 unspecified atom stereocenters. The summed E-state index contributed by atoms with van der Waals surface area (Å²) in [6.07, 6.45) is 0. The van der Waals surface area contributed by atoms with E-state index in [9.17, 15) is 0 Å². The smallest absolute Gasteiger partial charge is 0.0844 e. The molecular formula is C7H4Cl2I. The zero-order valence-corrected chi connectivity index (χ0v) is 8.61. The van der Waals surface area contributed by atoms with Crippen molar-refractivity contribution in [1.29, 1.82) is 0 Å². The van der Waals surface area contributed by atoms with Crippen LogP contribution in [0.25, 0.3) is 0 Å². The van der Waals surface area contributed by atoms with Crippen molar-refractivity contribution in [2.24, 2.45) is 0 Å². The second kappa shape index (κ2) is 3.28. The summed E-state index contributed by atoms with van der Waals surface area (Å²) < 4.78 is -0.848. The van der Waals surface area contributed by atoms with E-state index in [0.29, 0.717) is 0 Å². The highest BCUT2D eigenvalue weighted by Crippen LogP contribution is 2.40. The van der Waals surface area contributed by atoms with Gasteiger partial charge in [-0.1, -0.05) is 47.5 Å². The second-order valence-corrected chi connectivity index (χ2v) is 5.99. The Bertz CT molecular complexity index is 203. The Morgan fingerprint density at radius 2 is 2.10 bits per heavy atom. The van der Waals surface area contributed by atoms with Gasteiger partial charge in [-0.3, -0.25) is 0 Å². The van der Waals surface area contributed by atoms with Crippen molar-refractivity contribution in [3.63, 3.8) is 0 Å². The summed E-state index contributed by atoms with van der Waals surface area (Å²) in [7, 11) is 0. The van der Waals surface area contributed by atoms with Crippen molar-refractivity contribution < 1.29 is 0 Å². The van der Waals surface area contributed by atoms with Crippen molar-refractivity contribution in [2.75, 3.05) is 0 Å². The van der Waals surface area contributed by atoms with Crippen LogP contribution in [0.2, 0.25) is 0 Å². The quantitative estimate of drug-likeness (QED) is 0.547. The van der Waals surface area contributed by atoms with Gasteiger partial charge in [-0.2, -0.15) is 0 Å². The maximum absolute atomic E-state index is 5.78. The molecule has 1 aromatic carbocycles. The van der Waals surface area contributed by atoms with Gasteiger partial charge in [0.1, 0.15) is 0 Å². The zero-order valence-electron chi connectivity index (χ0n) is 4.94. The number of hydrogen-bond acceptors (Lipinski definition) is 0. The van der Waals surface area contributed by atoms with Crippen LogP contribution in [0, 0.1) is 6.07 Å². The molecular weight excluding hydrogens is 282 g/mol. The average molecular weight is 286 g/mol. The molecule has 0 nitrogen and oxygen atoms in total. The fourth-order valence-electron chi connectivity index (χ4n) is 0.570. The van der Waals surface area contributed by atoms with Gasteiger partial charge in [0.05, 0.1) is 0 Å². The molecule has 0 aliphatic heterocycles. The predicted octanol–water partition coefficient (Wildman–Crippen LogP) is 3.51. The van der Waals surface area contributed by atoms with Crippen LogP contribution in [-0.2, 0) is 2.34 Å². The van der Waals surface area contributed by atoms with Crippen LogP contribution >= 0.6 is 45.8 Å². The maximum Gasteiger partial charge on any atom is 0.193 e. The standard InChI is InChI=1S/C7H4Cl2I/c8-7(9,10)6-4-2-1-3-5-6/h1-4H. The monoisotopic (exact) mass is 285 g/mol. The molecule has 53 valence electrons. The molecule has 3 heteroatoms. The van der Waals surface area contributed by atoms with E-state index in [1.807, 2.05) is 40.8 Å². The van der Waals surface area contributed by atoms with Gasteiger partial charge in [-0.05, 0) is 28.7 Å². The minimum atomic E-state index is -0.848. The number of halogens is 3. The van der Waals surface area contributed by atoms with E-state index in [1.54, 1.807) is 6.07 Å². The first-order chi connectivity index (χ1) is 4.61. The summed E-state index contributed by atoms with van der Waals surface area (Å²) in [4.78, 5) is 0. The lowest BCUT2D eigenvalue weighted by Crippen LogP contribution is -1.97. The van der Waals surface area contributed by atoms with E-state index in [0.717, 1.165) is 5.56 Å². The fraction of sp³-hybridized carbons (Fsp3) is 0.143. The molecule has 0 aliphatic carbocycles. The number of rotatable bonds is 1. The molecule has 0 bridgehead atoms. The number of alkyl halides is 3. The topological polar surface area (TPSA) is 0 Å². The van der Waals surface area contributed by atoms with Gasteiger partial charge in [0, 0.05) is 5.56 Å². The van der Waals surface area contributed by atoms with Crippen LogP contribution in [0.15, 0.2) is 24.3 Å². The summed E-state index contributed by atoms with van der Waals surface area (Å²) in [6, 6.07) is 10.3. The molecule has 10 heavy (non-hydrogen) atoms. The zero-order chi connectivity index (χ0) is 7.61. The molecule has 1 radical (unpaired) electrons. The summed E-state index contributed by atoms with van der Waals surface area (Å²) >= 11 is 13.5. The van der Waals surface area contributed by atoms with Gasteiger partial charge in [0.25, 0.3) is 0 Å². The third kappa shape index (κ3) is 2.29. The molecule has 0 N–H and O–H groups in total. The fourth-order valence-corrected chi connectivity index (χ4v) is 1.14. The summed E-state index contributed by atoms with van der Waals surface area (Å²) in [5.41, 5.74) is 0.791. The second-order valence-electron chi connectivity index (χ2n) is 1.77. The number of benzene rings is 1. The summed E-state index contributed by atoms with van der Waals surface area (Å²) in [6.45, 7) is 0. The molecule has 0 amide bonds. The van der Waals surface area contributed by atoms with E-state index < -0.39 is 2.34 Å². The Kier molecular flexibility index (Phi) is 2.83. The van der Waals surface area contributed by atoms with E-state index in [-0.39, 0.29) is 0 Å². The SMILES string of the molecule is ClC(Cl)(I)c1[c]cccc1. The van der Waals surface area contributed by atoms with Crippen molar-refractivity contribution in [3.05, 3.63) is 35.9 Å². The third-order valence-corrected chi connectivity index (χ3v) is 2.00. The maximum atomic E-state index is 5.78. The summed E-state index contributed by atoms with van der Waals surface area (Å²) in [5, 5.41) is 0. The third-order valence-electron chi connectivity index (χ3n) is 1.01. The minimum Gasteiger partial charge on any atom is -0.0844 e. The highest BCUT2D eigenvalue weighted by Gasteiger charge is 2.20. The van der Waals surface area contributed by atoms with Crippen molar-refractivity contribution in [1.82, 2.24) is 0 Å². The van der Waals surface area contributed by atoms with Gasteiger partial charge in [-0.25, -0.2) is 0 Å². The highest BCUT2D eigenvalue weighted by molar-refractivity contribution is 14.1. The Morgan fingerprint density at radius 3 is 2.40 bits per heavy atom. The minimum absolute atomic E-state index is 0.791. The van der Waals surface area contributed by atoms with Crippen LogP contribution in [-0.4, -0.2) is 0 Å². The molecule has 0 heterocycles.